The SMILES string of the molecule is CCCN1C[C@H](CSCC(=O)CN)C[C@@H]2c3cccc4[nH]cc(c34)C[C@H]21.CCCN1C[C@H](CSCC(=O)CN)C[C@@H]2c3cccc4[nH]cc(c34)C[C@H]21.CCCN1C[C@H](CSCC(=O)CN)C[C@@H]2c3cccc4[nH]cc(c34)C[C@H]21.CCCN1C[C@H](CSCC(=O)CN)C[C@@H]2c3cccc4[nH]cc(c34)C[C@H]21. The molecule has 4 saturated heterocycles. The number of carbonyl (C=O) groups excluding carboxylic acids is 4. The number of hydrogen-bond donors (Lipinski definition) is 8. The third-order valence-corrected chi connectivity index (χ3v) is 29.0. The molecule has 12 N–H and O–H groups in total. The fraction of sp³-hybridized carbons (Fsp3) is 0.571. The number of likely N-dealkylation sites (tertiary alicyclic amines) is 4. The molecule has 0 radical (unpaired) electrons. The summed E-state index contributed by atoms with van der Waals surface area (Å²) >= 11 is 7.08. The summed E-state index contributed by atoms with van der Waals surface area (Å²) in [5, 5.41) is 5.88. The Kier molecular flexibility index (Phi) is 26.9. The molecule has 16 nitrogen and oxygen atoms in total. The number of benzene rings is 4. The highest BCUT2D eigenvalue weighted by Crippen LogP contribution is 2.50. The van der Waals surface area contributed by atoms with Gasteiger partial charge in [0, 0.05) is 142 Å². The molecule has 4 fully saturated rings. The van der Waals surface area contributed by atoms with Crippen molar-refractivity contribution in [3.05, 3.63) is 142 Å². The van der Waals surface area contributed by atoms with Gasteiger partial charge in [-0.25, -0.2) is 0 Å². The number of aromatic nitrogens is 4. The summed E-state index contributed by atoms with van der Waals surface area (Å²) in [5.41, 5.74) is 39.0. The molecule has 0 unspecified atom stereocenters. The van der Waals surface area contributed by atoms with E-state index in [1.54, 1.807) is 47.0 Å². The molecule has 0 bridgehead atoms. The van der Waals surface area contributed by atoms with Crippen LogP contribution in [0.1, 0.15) is 147 Å². The summed E-state index contributed by atoms with van der Waals surface area (Å²) in [6.07, 6.45) is 23.2. The van der Waals surface area contributed by atoms with Gasteiger partial charge in [0.2, 0.25) is 0 Å². The van der Waals surface area contributed by atoms with Gasteiger partial charge in [-0.05, 0) is 219 Å². The molecule has 16 rings (SSSR count). The number of rotatable bonds is 28. The summed E-state index contributed by atoms with van der Waals surface area (Å²) in [5.74, 6) is 12.2. The molecule has 104 heavy (non-hydrogen) atoms. The zero-order chi connectivity index (χ0) is 72.4. The highest BCUT2D eigenvalue weighted by atomic mass is 32.2. The molecule has 4 aromatic carbocycles. The number of nitrogens with zero attached hydrogens (tertiary/aromatic N) is 4. The number of H-pyrrole nitrogens is 4. The molecule has 560 valence electrons. The summed E-state index contributed by atoms with van der Waals surface area (Å²) in [6.45, 7) is 19.1. The van der Waals surface area contributed by atoms with Gasteiger partial charge in [-0.15, -0.1) is 0 Å². The highest BCUT2D eigenvalue weighted by molar-refractivity contribution is 8.00. The smallest absolute Gasteiger partial charge is 0.156 e. The summed E-state index contributed by atoms with van der Waals surface area (Å²) in [6, 6.07) is 29.4. The Labute approximate surface area is 634 Å². The molecule has 12 atom stereocenters. The second-order valence-corrected chi connectivity index (χ2v) is 35.4. The topological polar surface area (TPSA) is 248 Å². The molecular formula is C84H116N12O4S4. The van der Waals surface area contributed by atoms with E-state index in [4.69, 9.17) is 22.9 Å². The first-order chi connectivity index (χ1) is 50.8. The maximum absolute atomic E-state index is 11.5. The van der Waals surface area contributed by atoms with Crippen LogP contribution in [0.25, 0.3) is 43.6 Å². The summed E-state index contributed by atoms with van der Waals surface area (Å²) in [7, 11) is 0. The molecule has 8 heterocycles. The van der Waals surface area contributed by atoms with Crippen LogP contribution in [-0.4, -0.2) is 211 Å². The number of nitrogens with one attached hydrogen (secondary N) is 4. The van der Waals surface area contributed by atoms with Crippen molar-refractivity contribution in [3.63, 3.8) is 0 Å². The van der Waals surface area contributed by atoms with Crippen LogP contribution in [0.5, 0.6) is 0 Å². The minimum absolute atomic E-state index is 0.161. The monoisotopic (exact) mass is 1480 g/mol. The third-order valence-electron chi connectivity index (χ3n) is 24.1. The minimum atomic E-state index is 0.161. The van der Waals surface area contributed by atoms with Crippen LogP contribution in [0.2, 0.25) is 0 Å². The van der Waals surface area contributed by atoms with E-state index in [2.05, 4.69) is 165 Å². The van der Waals surface area contributed by atoms with Crippen molar-refractivity contribution < 1.29 is 19.2 Å². The van der Waals surface area contributed by atoms with E-state index in [1.165, 1.54) is 166 Å². The zero-order valence-corrected chi connectivity index (χ0v) is 65.4. The number of fused-ring (bicyclic) bond motifs is 8. The van der Waals surface area contributed by atoms with Gasteiger partial charge in [-0.2, -0.15) is 47.0 Å². The van der Waals surface area contributed by atoms with E-state index < -0.39 is 0 Å². The van der Waals surface area contributed by atoms with Crippen LogP contribution in [0.4, 0.5) is 0 Å². The van der Waals surface area contributed by atoms with Gasteiger partial charge in [-0.3, -0.25) is 38.8 Å². The molecule has 8 aromatic rings. The number of Topliss-reactive ketones (excluding diaryl/α,β-unsaturated/α-hetero) is 4. The number of aromatic amines is 4. The fourth-order valence-corrected chi connectivity index (χ4v) is 24.0. The van der Waals surface area contributed by atoms with Crippen LogP contribution in [-0.2, 0) is 44.9 Å². The first-order valence-electron chi connectivity index (χ1n) is 39.3. The average molecular weight is 1490 g/mol. The largest absolute Gasteiger partial charge is 0.361 e. The molecule has 0 saturated carbocycles. The van der Waals surface area contributed by atoms with E-state index in [-0.39, 0.29) is 49.3 Å². The molecule has 8 aliphatic rings. The van der Waals surface area contributed by atoms with Crippen molar-refractivity contribution >= 4 is 114 Å². The standard InChI is InChI=1S/4C21H29N3OS/c4*1-2-6-24-11-14(12-26-13-16(25)9-22)7-18-17-4-3-5-19-21(17)15(10-23-19)8-20(18)24/h4*3-5,10,14,18,20,23H,2,6-9,11-13,22H2,1H3/t4*14-,18-,20-/m1111/s1. The van der Waals surface area contributed by atoms with Crippen LogP contribution >= 0.6 is 47.0 Å². The normalized spacial score (nSPS) is 25.4. The van der Waals surface area contributed by atoms with E-state index in [0.717, 1.165) is 74.9 Å². The number of carbonyl (C=O) groups is 4. The molecule has 0 spiro atoms. The van der Waals surface area contributed by atoms with Crippen molar-refractivity contribution in [2.24, 2.45) is 46.6 Å². The van der Waals surface area contributed by atoms with Gasteiger partial charge in [-0.1, -0.05) is 76.2 Å². The number of ketones is 4. The predicted octanol–water partition coefficient (Wildman–Crippen LogP) is 12.7. The lowest BCUT2D eigenvalue weighted by molar-refractivity contribution is -0.116. The maximum atomic E-state index is 11.5. The maximum Gasteiger partial charge on any atom is 0.156 e. The number of thioether (sulfide) groups is 4. The van der Waals surface area contributed by atoms with Crippen LogP contribution in [0.3, 0.4) is 0 Å². The predicted molar refractivity (Wildman–Crippen MR) is 440 cm³/mol. The first kappa shape index (κ1) is 77.0. The number of piperidine rings is 4. The Morgan fingerprint density at radius 2 is 0.577 bits per heavy atom. The van der Waals surface area contributed by atoms with Crippen molar-refractivity contribution in [1.29, 1.82) is 0 Å². The van der Waals surface area contributed by atoms with Crippen molar-refractivity contribution in [3.8, 4) is 0 Å². The van der Waals surface area contributed by atoms with E-state index in [9.17, 15) is 19.2 Å². The average Bonchev–Trinajstić information content (AvgIpc) is 1.54. The van der Waals surface area contributed by atoms with Gasteiger partial charge in [0.05, 0.1) is 49.2 Å². The lowest BCUT2D eigenvalue weighted by atomic mass is 9.72. The molecule has 4 aliphatic heterocycles. The summed E-state index contributed by atoms with van der Waals surface area (Å²) in [4.78, 5) is 70.9. The van der Waals surface area contributed by atoms with Gasteiger partial charge in [0.25, 0.3) is 0 Å². The molecule has 20 heteroatoms. The zero-order valence-electron chi connectivity index (χ0n) is 62.2. The lowest BCUT2D eigenvalue weighted by Crippen LogP contribution is -2.50. The Bertz CT molecular complexity index is 3670. The Morgan fingerprint density at radius 3 is 0.779 bits per heavy atom. The van der Waals surface area contributed by atoms with Gasteiger partial charge in [0.1, 0.15) is 0 Å². The second kappa shape index (κ2) is 36.3. The van der Waals surface area contributed by atoms with Crippen molar-refractivity contribution in [2.75, 3.05) is 125 Å². The van der Waals surface area contributed by atoms with Crippen LogP contribution in [0, 0.1) is 23.7 Å². The minimum Gasteiger partial charge on any atom is -0.361 e. The lowest BCUT2D eigenvalue weighted by Gasteiger charge is -2.47. The second-order valence-electron chi connectivity index (χ2n) is 31.3. The van der Waals surface area contributed by atoms with Gasteiger partial charge in [0.15, 0.2) is 23.1 Å². The molecule has 4 aromatic heterocycles. The Morgan fingerprint density at radius 1 is 0.356 bits per heavy atom. The van der Waals surface area contributed by atoms with Crippen LogP contribution < -0.4 is 22.9 Å². The number of nitrogens with two attached hydrogens (primary N) is 4. The van der Waals surface area contributed by atoms with Crippen molar-refractivity contribution in [1.82, 2.24) is 39.5 Å². The summed E-state index contributed by atoms with van der Waals surface area (Å²) < 4.78 is 0. The molecule has 4 aliphatic carbocycles. The Balaban J connectivity index is 0.000000123. The van der Waals surface area contributed by atoms with E-state index >= 15 is 0 Å². The quantitative estimate of drug-likeness (QED) is 0.0227. The Hall–Kier alpha value is -5.20. The van der Waals surface area contributed by atoms with Crippen molar-refractivity contribution in [2.45, 2.75) is 153 Å². The van der Waals surface area contributed by atoms with Gasteiger partial charge < -0.3 is 42.9 Å². The highest BCUT2D eigenvalue weighted by Gasteiger charge is 2.45. The van der Waals surface area contributed by atoms with Gasteiger partial charge >= 0.3 is 0 Å². The third kappa shape index (κ3) is 17.3. The fourth-order valence-electron chi connectivity index (χ4n) is 19.8. The first-order valence-corrected chi connectivity index (χ1v) is 43.9. The van der Waals surface area contributed by atoms with E-state index in [1.807, 2.05) is 0 Å². The van der Waals surface area contributed by atoms with Crippen LogP contribution in [0.15, 0.2) is 97.6 Å². The molecular weight excluding hydrogens is 1370 g/mol. The molecule has 0 amide bonds. The number of hydrogen-bond acceptors (Lipinski definition) is 16. The van der Waals surface area contributed by atoms with E-state index in [0.29, 0.717) is 94.5 Å².